The molecule has 0 aliphatic heterocycles. The molecule has 1 aromatic heterocycles. The molecule has 4 fully saturated rings. The van der Waals surface area contributed by atoms with Gasteiger partial charge in [-0.05, 0) is 110 Å². The van der Waals surface area contributed by atoms with E-state index in [9.17, 15) is 15.3 Å². The number of rotatable bonds is 9. The van der Waals surface area contributed by atoms with Gasteiger partial charge in [-0.25, -0.2) is 0 Å². The Morgan fingerprint density at radius 2 is 1.95 bits per heavy atom. The first-order chi connectivity index (χ1) is 18.7. The Morgan fingerprint density at radius 1 is 1.15 bits per heavy atom. The van der Waals surface area contributed by atoms with Crippen LogP contribution in [0.15, 0.2) is 64.3 Å². The molecule has 4 saturated carbocycles. The number of fused-ring (bicyclic) bond motifs is 1. The van der Waals surface area contributed by atoms with Crippen LogP contribution in [0.5, 0.6) is 0 Å². The molecule has 1 aromatic rings. The van der Waals surface area contributed by atoms with Crippen LogP contribution >= 0.6 is 0 Å². The molecule has 0 aromatic carbocycles. The summed E-state index contributed by atoms with van der Waals surface area (Å²) in [4.78, 5) is 0. The fraction of sp³-hybridized carbons (Fsp3) is 0.657. The Hall–Kier alpha value is -1.88. The molecule has 4 nitrogen and oxygen atoms in total. The zero-order chi connectivity index (χ0) is 27.8. The third-order valence-corrected chi connectivity index (χ3v) is 10.9. The van der Waals surface area contributed by atoms with Gasteiger partial charge in [-0.15, -0.1) is 0 Å². The van der Waals surface area contributed by atoms with E-state index in [0.29, 0.717) is 30.6 Å². The van der Waals surface area contributed by atoms with Crippen LogP contribution in [0.2, 0.25) is 0 Å². The predicted octanol–water partition coefficient (Wildman–Crippen LogP) is 7.35. The van der Waals surface area contributed by atoms with Crippen molar-refractivity contribution in [3.05, 3.63) is 71.3 Å². The molecule has 0 unspecified atom stereocenters. The van der Waals surface area contributed by atoms with Gasteiger partial charge >= 0.3 is 0 Å². The summed E-state index contributed by atoms with van der Waals surface area (Å²) in [6.07, 6.45) is 21.4. The van der Waals surface area contributed by atoms with E-state index in [0.717, 1.165) is 42.6 Å². The largest absolute Gasteiger partial charge is 0.468 e. The summed E-state index contributed by atoms with van der Waals surface area (Å²) in [6.45, 7) is 11.1. The van der Waals surface area contributed by atoms with Gasteiger partial charge in [0.25, 0.3) is 0 Å². The van der Waals surface area contributed by atoms with Crippen LogP contribution in [-0.2, 0) is 11.8 Å². The molecule has 4 aliphatic rings. The number of allylic oxidation sites excluding steroid dienone is 4. The highest BCUT2D eigenvalue weighted by Gasteiger charge is 2.53. The van der Waals surface area contributed by atoms with E-state index in [2.05, 4.69) is 57.7 Å². The lowest BCUT2D eigenvalue weighted by molar-refractivity contribution is 0.0862. The number of hydrogen-bond donors (Lipinski definition) is 3. The van der Waals surface area contributed by atoms with Crippen molar-refractivity contribution in [2.45, 2.75) is 122 Å². The fourth-order valence-electron chi connectivity index (χ4n) is 8.18. The van der Waals surface area contributed by atoms with E-state index in [1.165, 1.54) is 49.7 Å². The standard InChI is InChI=1S/C35H50O4/c1-5-6-8-25-19-33(39-22-25)35(17-18-35)32(38)15-10-23(2)29-13-14-30-26(9-7-16-34(29,30)4)11-12-27-20-28(36)21-31(37)24(27)3/h10-12,15,19,22-23,28-32,36-38H,3,5-9,13-14,16-18,20-21H2,1-2,4H3/b15-10+,26-11+,27-12-/t23-,28-,29-,30+,31+,32+,34-/m1/s1. The van der Waals surface area contributed by atoms with Crippen molar-refractivity contribution in [2.75, 3.05) is 0 Å². The van der Waals surface area contributed by atoms with Crippen molar-refractivity contribution < 1.29 is 19.7 Å². The van der Waals surface area contributed by atoms with Crippen molar-refractivity contribution in [1.82, 2.24) is 0 Å². The summed E-state index contributed by atoms with van der Waals surface area (Å²) < 4.78 is 5.96. The van der Waals surface area contributed by atoms with Gasteiger partial charge in [0.1, 0.15) is 5.76 Å². The molecule has 0 saturated heterocycles. The van der Waals surface area contributed by atoms with Gasteiger partial charge in [0.15, 0.2) is 0 Å². The van der Waals surface area contributed by atoms with Crippen molar-refractivity contribution in [3.8, 4) is 0 Å². The molecular weight excluding hydrogens is 484 g/mol. The minimum Gasteiger partial charge on any atom is -0.468 e. The molecule has 39 heavy (non-hydrogen) atoms. The van der Waals surface area contributed by atoms with Crippen LogP contribution in [0.1, 0.15) is 103 Å². The number of aliphatic hydroxyl groups excluding tert-OH is 3. The van der Waals surface area contributed by atoms with Crippen molar-refractivity contribution in [1.29, 1.82) is 0 Å². The highest BCUT2D eigenvalue weighted by molar-refractivity contribution is 5.39. The zero-order valence-corrected chi connectivity index (χ0v) is 24.4. The van der Waals surface area contributed by atoms with E-state index in [1.807, 2.05) is 6.26 Å². The van der Waals surface area contributed by atoms with Gasteiger partial charge < -0.3 is 19.7 Å². The average molecular weight is 535 g/mol. The lowest BCUT2D eigenvalue weighted by atomic mass is 9.61. The zero-order valence-electron chi connectivity index (χ0n) is 24.4. The Kier molecular flexibility index (Phi) is 8.48. The monoisotopic (exact) mass is 534 g/mol. The second-order valence-electron chi connectivity index (χ2n) is 13.4. The molecule has 5 rings (SSSR count). The molecule has 0 radical (unpaired) electrons. The highest BCUT2D eigenvalue weighted by Crippen LogP contribution is 2.60. The van der Waals surface area contributed by atoms with Crippen molar-refractivity contribution in [3.63, 3.8) is 0 Å². The number of unbranched alkanes of at least 4 members (excludes halogenated alkanes) is 1. The maximum atomic E-state index is 11.3. The summed E-state index contributed by atoms with van der Waals surface area (Å²) in [7, 11) is 0. The van der Waals surface area contributed by atoms with Gasteiger partial charge in [-0.3, -0.25) is 0 Å². The van der Waals surface area contributed by atoms with Crippen LogP contribution in [0.3, 0.4) is 0 Å². The third kappa shape index (κ3) is 5.67. The summed E-state index contributed by atoms with van der Waals surface area (Å²) in [5.74, 6) is 2.53. The lowest BCUT2D eigenvalue weighted by Gasteiger charge is -2.44. The van der Waals surface area contributed by atoms with E-state index in [1.54, 1.807) is 0 Å². The van der Waals surface area contributed by atoms with Crippen LogP contribution < -0.4 is 0 Å². The van der Waals surface area contributed by atoms with Gasteiger partial charge in [0.2, 0.25) is 0 Å². The smallest absolute Gasteiger partial charge is 0.113 e. The minimum atomic E-state index is -0.639. The first kappa shape index (κ1) is 28.6. The number of aliphatic hydroxyl groups is 3. The summed E-state index contributed by atoms with van der Waals surface area (Å²) in [6, 6.07) is 2.18. The minimum absolute atomic E-state index is 0.235. The maximum absolute atomic E-state index is 11.3. The molecule has 7 atom stereocenters. The highest BCUT2D eigenvalue weighted by atomic mass is 16.3. The van der Waals surface area contributed by atoms with Crippen LogP contribution in [0, 0.1) is 23.2 Å². The number of hydrogen-bond acceptors (Lipinski definition) is 4. The number of aryl methyl sites for hydroxylation is 1. The molecule has 1 heterocycles. The lowest BCUT2D eigenvalue weighted by Crippen LogP contribution is -2.35. The summed E-state index contributed by atoms with van der Waals surface area (Å²) >= 11 is 0. The Bertz CT molecular complexity index is 1120. The molecule has 0 spiro atoms. The third-order valence-electron chi connectivity index (χ3n) is 10.9. The quantitative estimate of drug-likeness (QED) is 0.290. The SMILES string of the molecule is C=C1/C(=C\C=C2/CCC[C@]3(C)[C@@H]([C@H](C)/C=C/[C@H](O)C4(c5cc(CCCC)co5)CC4)CC[C@@H]23)C[C@@H](O)C[C@@H]1O. The van der Waals surface area contributed by atoms with E-state index >= 15 is 0 Å². The Balaban J connectivity index is 1.26. The van der Waals surface area contributed by atoms with E-state index < -0.39 is 18.3 Å². The van der Waals surface area contributed by atoms with Crippen LogP contribution in [-0.4, -0.2) is 33.6 Å². The first-order valence-electron chi connectivity index (χ1n) is 15.6. The normalized spacial score (nSPS) is 36.0. The topological polar surface area (TPSA) is 73.8 Å². The first-order valence-corrected chi connectivity index (χ1v) is 15.6. The molecule has 0 amide bonds. The fourth-order valence-corrected chi connectivity index (χ4v) is 8.18. The second kappa shape index (κ2) is 11.5. The van der Waals surface area contributed by atoms with Gasteiger partial charge in [-0.2, -0.15) is 0 Å². The van der Waals surface area contributed by atoms with Crippen molar-refractivity contribution >= 4 is 0 Å². The van der Waals surface area contributed by atoms with Gasteiger partial charge in [0.05, 0.1) is 30.0 Å². The van der Waals surface area contributed by atoms with Gasteiger partial charge in [-0.1, -0.05) is 63.6 Å². The average Bonchev–Trinajstić information content (AvgIpc) is 3.44. The van der Waals surface area contributed by atoms with Crippen LogP contribution in [0.4, 0.5) is 0 Å². The van der Waals surface area contributed by atoms with E-state index in [4.69, 9.17) is 4.42 Å². The molecule has 4 aliphatic carbocycles. The molecule has 214 valence electrons. The van der Waals surface area contributed by atoms with E-state index in [-0.39, 0.29) is 10.8 Å². The number of furan rings is 1. The maximum Gasteiger partial charge on any atom is 0.113 e. The van der Waals surface area contributed by atoms with Crippen molar-refractivity contribution in [2.24, 2.45) is 23.2 Å². The predicted molar refractivity (Wildman–Crippen MR) is 157 cm³/mol. The van der Waals surface area contributed by atoms with Crippen LogP contribution in [0.25, 0.3) is 0 Å². The summed E-state index contributed by atoms with van der Waals surface area (Å²) in [5, 5.41) is 31.6. The molecular formula is C35H50O4. The second-order valence-corrected chi connectivity index (χ2v) is 13.4. The molecule has 4 heteroatoms. The Labute approximate surface area is 235 Å². The molecule has 3 N–H and O–H groups in total. The molecule has 0 bridgehead atoms. The van der Waals surface area contributed by atoms with Gasteiger partial charge in [0, 0.05) is 6.42 Å². The Morgan fingerprint density at radius 3 is 2.69 bits per heavy atom. The summed E-state index contributed by atoms with van der Waals surface area (Å²) in [5.41, 5.74) is 4.55.